The minimum atomic E-state index is -0.338. The molecule has 23 heavy (non-hydrogen) atoms. The van der Waals surface area contributed by atoms with Crippen molar-refractivity contribution in [1.29, 1.82) is 0 Å². The molecule has 1 aromatic carbocycles. The molecule has 0 radical (unpaired) electrons. The van der Waals surface area contributed by atoms with Gasteiger partial charge in [-0.3, -0.25) is 9.59 Å². The minimum Gasteiger partial charge on any atom is -0.341 e. The van der Waals surface area contributed by atoms with Crippen molar-refractivity contribution in [1.82, 2.24) is 9.80 Å². The van der Waals surface area contributed by atoms with Crippen LogP contribution in [0.5, 0.6) is 0 Å². The highest BCUT2D eigenvalue weighted by Gasteiger charge is 2.37. The fourth-order valence-corrected chi connectivity index (χ4v) is 3.68. The molecule has 0 spiro atoms. The van der Waals surface area contributed by atoms with Crippen LogP contribution in [0.1, 0.15) is 42.5 Å². The predicted molar refractivity (Wildman–Crippen MR) is 91.0 cm³/mol. The molecule has 0 aliphatic carbocycles. The van der Waals surface area contributed by atoms with Crippen LogP contribution in [0.3, 0.4) is 0 Å². The highest BCUT2D eigenvalue weighted by Crippen LogP contribution is 2.27. The monoisotopic (exact) mass is 354 g/mol. The summed E-state index contributed by atoms with van der Waals surface area (Å²) in [5.41, 5.74) is 0.484. The minimum absolute atomic E-state index is 0.0932. The largest absolute Gasteiger partial charge is 0.341 e. The number of piperidine rings is 1. The molecular weight excluding hydrogens is 335 g/mol. The number of nitrogens with zero attached hydrogens (tertiary/aromatic N) is 2. The first-order chi connectivity index (χ1) is 11.1. The number of amides is 2. The molecule has 1 unspecified atom stereocenters. The Labute approximate surface area is 146 Å². The van der Waals surface area contributed by atoms with E-state index in [9.17, 15) is 9.59 Å². The number of likely N-dealkylation sites (tertiary alicyclic amines) is 2. The lowest BCUT2D eigenvalue weighted by atomic mass is 10.1. The van der Waals surface area contributed by atoms with Gasteiger partial charge in [-0.05, 0) is 50.3 Å². The zero-order valence-corrected chi connectivity index (χ0v) is 14.4. The van der Waals surface area contributed by atoms with Crippen LogP contribution in [0.2, 0.25) is 10.0 Å². The van der Waals surface area contributed by atoms with Crippen molar-refractivity contribution >= 4 is 35.0 Å². The predicted octanol–water partition coefficient (Wildman–Crippen LogP) is 3.61. The van der Waals surface area contributed by atoms with E-state index in [4.69, 9.17) is 23.2 Å². The molecule has 2 amide bonds. The summed E-state index contributed by atoms with van der Waals surface area (Å²) in [6.07, 6.45) is 4.89. The van der Waals surface area contributed by atoms with Crippen LogP contribution in [-0.2, 0) is 4.79 Å². The summed E-state index contributed by atoms with van der Waals surface area (Å²) in [5, 5.41) is 0.779. The van der Waals surface area contributed by atoms with Gasteiger partial charge in [-0.25, -0.2) is 0 Å². The molecule has 1 aromatic rings. The molecule has 0 aromatic heterocycles. The van der Waals surface area contributed by atoms with Crippen LogP contribution in [0.25, 0.3) is 0 Å². The molecule has 3 rings (SSSR count). The Balaban J connectivity index is 1.76. The second kappa shape index (κ2) is 7.10. The summed E-state index contributed by atoms with van der Waals surface area (Å²) in [4.78, 5) is 29.1. The number of carbonyl (C=O) groups is 2. The Morgan fingerprint density at radius 1 is 0.957 bits per heavy atom. The standard InChI is InChI=1S/C17H20Cl2N2O2/c18-13-7-6-12(11-14(13)19)16(22)21-10-4-5-15(21)17(23)20-8-2-1-3-9-20/h6-7,11,15H,1-5,8-10H2. The van der Waals surface area contributed by atoms with E-state index in [0.29, 0.717) is 22.2 Å². The first kappa shape index (κ1) is 16.6. The Hall–Kier alpha value is -1.26. The van der Waals surface area contributed by atoms with Gasteiger partial charge in [-0.2, -0.15) is 0 Å². The van der Waals surface area contributed by atoms with Gasteiger partial charge in [0, 0.05) is 25.2 Å². The zero-order valence-electron chi connectivity index (χ0n) is 12.9. The Morgan fingerprint density at radius 3 is 2.39 bits per heavy atom. The lowest BCUT2D eigenvalue weighted by Gasteiger charge is -2.32. The average Bonchev–Trinajstić information content (AvgIpc) is 3.06. The molecule has 1 atom stereocenters. The van der Waals surface area contributed by atoms with Crippen molar-refractivity contribution in [3.05, 3.63) is 33.8 Å². The van der Waals surface area contributed by atoms with Crippen molar-refractivity contribution < 1.29 is 9.59 Å². The zero-order chi connectivity index (χ0) is 16.4. The molecule has 2 aliphatic heterocycles. The van der Waals surface area contributed by atoms with Crippen LogP contribution in [0.15, 0.2) is 18.2 Å². The first-order valence-electron chi connectivity index (χ1n) is 8.13. The van der Waals surface area contributed by atoms with E-state index in [1.807, 2.05) is 4.90 Å². The maximum absolute atomic E-state index is 12.8. The van der Waals surface area contributed by atoms with E-state index in [-0.39, 0.29) is 17.9 Å². The lowest BCUT2D eigenvalue weighted by Crippen LogP contribution is -2.49. The highest BCUT2D eigenvalue weighted by molar-refractivity contribution is 6.42. The average molecular weight is 355 g/mol. The summed E-state index contributed by atoms with van der Waals surface area (Å²) in [6, 6.07) is 4.52. The van der Waals surface area contributed by atoms with Gasteiger partial charge in [0.15, 0.2) is 0 Å². The molecule has 2 aliphatic rings. The van der Waals surface area contributed by atoms with Crippen LogP contribution in [0, 0.1) is 0 Å². The van der Waals surface area contributed by atoms with Crippen molar-refractivity contribution in [2.24, 2.45) is 0 Å². The van der Waals surface area contributed by atoms with E-state index in [2.05, 4.69) is 0 Å². The molecule has 2 saturated heterocycles. The van der Waals surface area contributed by atoms with Gasteiger partial charge in [0.1, 0.15) is 6.04 Å². The van der Waals surface area contributed by atoms with Gasteiger partial charge in [0.25, 0.3) is 5.91 Å². The summed E-state index contributed by atoms with van der Waals surface area (Å²) < 4.78 is 0. The third kappa shape index (κ3) is 3.48. The number of halogens is 2. The normalized spacial score (nSPS) is 21.6. The first-order valence-corrected chi connectivity index (χ1v) is 8.88. The van der Waals surface area contributed by atoms with E-state index < -0.39 is 0 Å². The Morgan fingerprint density at radius 2 is 1.70 bits per heavy atom. The fraction of sp³-hybridized carbons (Fsp3) is 0.529. The highest BCUT2D eigenvalue weighted by atomic mass is 35.5. The number of benzene rings is 1. The molecule has 124 valence electrons. The molecule has 0 saturated carbocycles. The second-order valence-electron chi connectivity index (χ2n) is 6.17. The molecular formula is C17H20Cl2N2O2. The molecule has 4 nitrogen and oxygen atoms in total. The SMILES string of the molecule is O=C(C1CCCN1C(=O)c1ccc(Cl)c(Cl)c1)N1CCCCC1. The third-order valence-electron chi connectivity index (χ3n) is 4.63. The van der Waals surface area contributed by atoms with Crippen LogP contribution in [-0.4, -0.2) is 47.3 Å². The maximum Gasteiger partial charge on any atom is 0.254 e. The summed E-state index contributed by atoms with van der Waals surface area (Å²) in [6.45, 7) is 2.23. The molecule has 2 heterocycles. The molecule has 6 heteroatoms. The number of hydrogen-bond acceptors (Lipinski definition) is 2. The summed E-state index contributed by atoms with van der Waals surface area (Å²) in [5.74, 6) is -0.0490. The van der Waals surface area contributed by atoms with Crippen LogP contribution >= 0.6 is 23.2 Å². The Bertz CT molecular complexity index is 615. The van der Waals surface area contributed by atoms with Gasteiger partial charge < -0.3 is 9.80 Å². The molecule has 0 N–H and O–H groups in total. The fourth-order valence-electron chi connectivity index (χ4n) is 3.39. The van der Waals surface area contributed by atoms with Crippen molar-refractivity contribution in [2.75, 3.05) is 19.6 Å². The number of carbonyl (C=O) groups excluding carboxylic acids is 2. The second-order valence-corrected chi connectivity index (χ2v) is 6.99. The number of hydrogen-bond donors (Lipinski definition) is 0. The van der Waals surface area contributed by atoms with E-state index in [0.717, 1.165) is 38.8 Å². The van der Waals surface area contributed by atoms with E-state index in [1.165, 1.54) is 6.42 Å². The van der Waals surface area contributed by atoms with Crippen molar-refractivity contribution in [3.63, 3.8) is 0 Å². The van der Waals surface area contributed by atoms with Crippen LogP contribution < -0.4 is 0 Å². The maximum atomic E-state index is 12.8. The summed E-state index contributed by atoms with van der Waals surface area (Å²) >= 11 is 11.9. The Kier molecular flexibility index (Phi) is 5.12. The lowest BCUT2D eigenvalue weighted by molar-refractivity contribution is -0.136. The summed E-state index contributed by atoms with van der Waals surface area (Å²) in [7, 11) is 0. The number of rotatable bonds is 2. The topological polar surface area (TPSA) is 40.6 Å². The third-order valence-corrected chi connectivity index (χ3v) is 5.37. The molecule has 2 fully saturated rings. The molecule has 0 bridgehead atoms. The van der Waals surface area contributed by atoms with E-state index >= 15 is 0 Å². The van der Waals surface area contributed by atoms with Gasteiger partial charge in [0.05, 0.1) is 10.0 Å². The van der Waals surface area contributed by atoms with E-state index in [1.54, 1.807) is 23.1 Å². The smallest absolute Gasteiger partial charge is 0.254 e. The van der Waals surface area contributed by atoms with Crippen molar-refractivity contribution in [2.45, 2.75) is 38.1 Å². The van der Waals surface area contributed by atoms with Gasteiger partial charge in [0.2, 0.25) is 5.91 Å². The van der Waals surface area contributed by atoms with Gasteiger partial charge >= 0.3 is 0 Å². The quantitative estimate of drug-likeness (QED) is 0.813. The van der Waals surface area contributed by atoms with Crippen molar-refractivity contribution in [3.8, 4) is 0 Å². The van der Waals surface area contributed by atoms with Gasteiger partial charge in [-0.1, -0.05) is 23.2 Å². The van der Waals surface area contributed by atoms with Gasteiger partial charge in [-0.15, -0.1) is 0 Å². The van der Waals surface area contributed by atoms with Crippen LogP contribution in [0.4, 0.5) is 0 Å².